The maximum atomic E-state index is 10.3. The Morgan fingerprint density at radius 1 is 1.36 bits per heavy atom. The van der Waals surface area contributed by atoms with Crippen molar-refractivity contribution in [1.82, 2.24) is 0 Å². The molecular formula is C10H8Br2O2. The van der Waals surface area contributed by atoms with Gasteiger partial charge in [0, 0.05) is 15.0 Å². The van der Waals surface area contributed by atoms with Gasteiger partial charge in [-0.2, -0.15) is 0 Å². The fourth-order valence-corrected chi connectivity index (χ4v) is 2.09. The third-order valence-electron chi connectivity index (χ3n) is 1.68. The highest BCUT2D eigenvalue weighted by Crippen LogP contribution is 2.26. The van der Waals surface area contributed by atoms with Crippen LogP contribution in [0.25, 0.3) is 6.08 Å². The largest absolute Gasteiger partial charge is 0.478 e. The van der Waals surface area contributed by atoms with Gasteiger partial charge in [0.15, 0.2) is 0 Å². The quantitative estimate of drug-likeness (QED) is 0.845. The maximum absolute atomic E-state index is 10.3. The molecule has 1 aromatic rings. The summed E-state index contributed by atoms with van der Waals surface area (Å²) in [7, 11) is 0. The molecule has 0 spiro atoms. The predicted octanol–water partition coefficient (Wildman–Crippen LogP) is 3.62. The van der Waals surface area contributed by atoms with Crippen molar-refractivity contribution in [3.63, 3.8) is 0 Å². The lowest BCUT2D eigenvalue weighted by Gasteiger charge is -2.02. The standard InChI is InChI=1S/C10H8Br2O2/c1-6-4-7(2-3-10(13)14)9(12)5-8(6)11/h2-5H,1H3,(H,13,14)/b3-2+. The van der Waals surface area contributed by atoms with E-state index in [2.05, 4.69) is 31.9 Å². The summed E-state index contributed by atoms with van der Waals surface area (Å²) in [6.45, 7) is 1.95. The number of carboxylic acid groups (broad SMARTS) is 1. The van der Waals surface area contributed by atoms with Gasteiger partial charge in [-0.3, -0.25) is 0 Å². The summed E-state index contributed by atoms with van der Waals surface area (Å²) in [5, 5.41) is 8.48. The van der Waals surface area contributed by atoms with Crippen molar-refractivity contribution in [3.8, 4) is 0 Å². The summed E-state index contributed by atoms with van der Waals surface area (Å²) in [6.07, 6.45) is 2.68. The Hall–Kier alpha value is -0.610. The molecule has 0 saturated carbocycles. The van der Waals surface area contributed by atoms with Gasteiger partial charge in [0.1, 0.15) is 0 Å². The first-order valence-electron chi connectivity index (χ1n) is 3.87. The van der Waals surface area contributed by atoms with Gasteiger partial charge in [0.2, 0.25) is 0 Å². The molecule has 0 saturated heterocycles. The van der Waals surface area contributed by atoms with Crippen LogP contribution >= 0.6 is 31.9 Å². The molecular weight excluding hydrogens is 312 g/mol. The first-order chi connectivity index (χ1) is 6.50. The molecule has 2 nitrogen and oxygen atoms in total. The third-order valence-corrected chi connectivity index (χ3v) is 3.22. The molecule has 0 radical (unpaired) electrons. The van der Waals surface area contributed by atoms with Crippen LogP contribution in [0.5, 0.6) is 0 Å². The predicted molar refractivity (Wildman–Crippen MR) is 63.2 cm³/mol. The van der Waals surface area contributed by atoms with E-state index in [9.17, 15) is 4.79 Å². The van der Waals surface area contributed by atoms with Crippen LogP contribution in [0.2, 0.25) is 0 Å². The second-order valence-electron chi connectivity index (χ2n) is 2.79. The van der Waals surface area contributed by atoms with Crippen LogP contribution < -0.4 is 0 Å². The summed E-state index contributed by atoms with van der Waals surface area (Å²) < 4.78 is 1.87. The van der Waals surface area contributed by atoms with Gasteiger partial charge in [-0.15, -0.1) is 0 Å². The molecule has 0 fully saturated rings. The molecule has 1 aromatic carbocycles. The molecule has 0 unspecified atom stereocenters. The molecule has 0 aromatic heterocycles. The Balaban J connectivity index is 3.10. The van der Waals surface area contributed by atoms with Gasteiger partial charge in [-0.05, 0) is 36.3 Å². The average molecular weight is 320 g/mol. The van der Waals surface area contributed by atoms with Crippen molar-refractivity contribution in [2.24, 2.45) is 0 Å². The fraction of sp³-hybridized carbons (Fsp3) is 0.100. The molecule has 14 heavy (non-hydrogen) atoms. The van der Waals surface area contributed by atoms with E-state index in [4.69, 9.17) is 5.11 Å². The summed E-state index contributed by atoms with van der Waals surface area (Å²) in [5.41, 5.74) is 1.92. The molecule has 4 heteroatoms. The molecule has 74 valence electrons. The van der Waals surface area contributed by atoms with Gasteiger partial charge < -0.3 is 5.11 Å². The van der Waals surface area contributed by atoms with E-state index in [-0.39, 0.29) is 0 Å². The lowest BCUT2D eigenvalue weighted by molar-refractivity contribution is -0.131. The van der Waals surface area contributed by atoms with E-state index < -0.39 is 5.97 Å². The molecule has 0 aliphatic rings. The van der Waals surface area contributed by atoms with Crippen LogP contribution in [0, 0.1) is 6.92 Å². The van der Waals surface area contributed by atoms with Gasteiger partial charge in [-0.25, -0.2) is 4.79 Å². The molecule has 0 aliphatic carbocycles. The number of benzene rings is 1. The molecule has 0 amide bonds. The summed E-state index contributed by atoms with van der Waals surface area (Å²) in [6, 6.07) is 3.81. The van der Waals surface area contributed by atoms with Crippen molar-refractivity contribution in [2.45, 2.75) is 6.92 Å². The van der Waals surface area contributed by atoms with Crippen molar-refractivity contribution in [1.29, 1.82) is 0 Å². The first kappa shape index (κ1) is 11.5. The van der Waals surface area contributed by atoms with Crippen LogP contribution in [0.3, 0.4) is 0 Å². The summed E-state index contributed by atoms with van der Waals surface area (Å²) in [4.78, 5) is 10.3. The highest BCUT2D eigenvalue weighted by Gasteiger charge is 2.01. The molecule has 0 heterocycles. The average Bonchev–Trinajstić information content (AvgIpc) is 2.09. The van der Waals surface area contributed by atoms with Gasteiger partial charge >= 0.3 is 5.97 Å². The number of aryl methyl sites for hydroxylation is 1. The van der Waals surface area contributed by atoms with Gasteiger partial charge in [-0.1, -0.05) is 31.9 Å². The zero-order valence-corrected chi connectivity index (χ0v) is 10.6. The number of rotatable bonds is 2. The number of hydrogen-bond acceptors (Lipinski definition) is 1. The highest BCUT2D eigenvalue weighted by atomic mass is 79.9. The summed E-state index contributed by atoms with van der Waals surface area (Å²) >= 11 is 6.75. The van der Waals surface area contributed by atoms with Crippen LogP contribution in [-0.4, -0.2) is 11.1 Å². The monoisotopic (exact) mass is 318 g/mol. The Bertz CT molecular complexity index is 397. The van der Waals surface area contributed by atoms with E-state index in [0.29, 0.717) is 0 Å². The van der Waals surface area contributed by atoms with Crippen LogP contribution in [-0.2, 0) is 4.79 Å². The number of carboxylic acids is 1. The minimum absolute atomic E-state index is 0.855. The van der Waals surface area contributed by atoms with Gasteiger partial charge in [0.25, 0.3) is 0 Å². The molecule has 0 bridgehead atoms. The van der Waals surface area contributed by atoms with Crippen molar-refractivity contribution < 1.29 is 9.90 Å². The Morgan fingerprint density at radius 3 is 2.57 bits per heavy atom. The normalized spacial score (nSPS) is 10.8. The van der Waals surface area contributed by atoms with Crippen molar-refractivity contribution in [3.05, 3.63) is 38.3 Å². The first-order valence-corrected chi connectivity index (χ1v) is 5.46. The number of carbonyl (C=O) groups is 1. The van der Waals surface area contributed by atoms with Gasteiger partial charge in [0.05, 0.1) is 0 Å². The minimum atomic E-state index is -0.947. The highest BCUT2D eigenvalue weighted by molar-refractivity contribution is 9.11. The Morgan fingerprint density at radius 2 is 2.00 bits per heavy atom. The minimum Gasteiger partial charge on any atom is -0.478 e. The SMILES string of the molecule is Cc1cc(/C=C/C(=O)O)c(Br)cc1Br. The lowest BCUT2D eigenvalue weighted by Crippen LogP contribution is -1.87. The van der Waals surface area contributed by atoms with E-state index in [1.54, 1.807) is 6.08 Å². The molecule has 1 rings (SSSR count). The molecule has 0 atom stereocenters. The van der Waals surface area contributed by atoms with E-state index in [1.807, 2.05) is 19.1 Å². The summed E-state index contributed by atoms with van der Waals surface area (Å²) in [5.74, 6) is -0.947. The number of aliphatic carboxylic acids is 1. The van der Waals surface area contributed by atoms with Crippen molar-refractivity contribution in [2.75, 3.05) is 0 Å². The van der Waals surface area contributed by atoms with E-state index in [0.717, 1.165) is 26.1 Å². The van der Waals surface area contributed by atoms with Crippen LogP contribution in [0.4, 0.5) is 0 Å². The van der Waals surface area contributed by atoms with E-state index in [1.165, 1.54) is 0 Å². The molecule has 0 aliphatic heterocycles. The Labute approximate surface area is 98.9 Å². The third kappa shape index (κ3) is 2.96. The Kier molecular flexibility index (Phi) is 3.89. The zero-order valence-electron chi connectivity index (χ0n) is 7.42. The lowest BCUT2D eigenvalue weighted by atomic mass is 10.1. The fourth-order valence-electron chi connectivity index (χ4n) is 0.968. The second kappa shape index (κ2) is 4.75. The maximum Gasteiger partial charge on any atom is 0.328 e. The second-order valence-corrected chi connectivity index (χ2v) is 4.50. The van der Waals surface area contributed by atoms with E-state index >= 15 is 0 Å². The van der Waals surface area contributed by atoms with Crippen LogP contribution in [0.15, 0.2) is 27.2 Å². The zero-order chi connectivity index (χ0) is 10.7. The number of halogens is 2. The van der Waals surface area contributed by atoms with Crippen LogP contribution in [0.1, 0.15) is 11.1 Å². The van der Waals surface area contributed by atoms with Crippen molar-refractivity contribution >= 4 is 43.9 Å². The number of hydrogen-bond donors (Lipinski definition) is 1. The smallest absolute Gasteiger partial charge is 0.328 e. The molecule has 1 N–H and O–H groups in total. The topological polar surface area (TPSA) is 37.3 Å².